The molecule has 6 nitrogen and oxygen atoms in total. The van der Waals surface area contributed by atoms with E-state index < -0.39 is 47.2 Å². The molecule has 2 fully saturated rings. The van der Waals surface area contributed by atoms with E-state index in [9.17, 15) is 19.8 Å². The van der Waals surface area contributed by atoms with Crippen molar-refractivity contribution in [3.05, 3.63) is 36.5 Å². The van der Waals surface area contributed by atoms with Gasteiger partial charge in [0.15, 0.2) is 0 Å². The van der Waals surface area contributed by atoms with Gasteiger partial charge in [0.2, 0.25) is 0 Å². The van der Waals surface area contributed by atoms with Crippen LogP contribution >= 0.6 is 0 Å². The van der Waals surface area contributed by atoms with E-state index in [0.717, 1.165) is 0 Å². The van der Waals surface area contributed by atoms with E-state index in [1.165, 1.54) is 12.2 Å². The minimum atomic E-state index is -1.55. The molecule has 0 bridgehead atoms. The third-order valence-electron chi connectivity index (χ3n) is 5.52. The Labute approximate surface area is 146 Å². The second-order valence-electron chi connectivity index (χ2n) is 7.72. The Morgan fingerprint density at radius 2 is 2.00 bits per heavy atom. The largest absolute Gasteiger partial charge is 0.461 e. The molecule has 0 aromatic heterocycles. The van der Waals surface area contributed by atoms with Crippen LogP contribution in [0.5, 0.6) is 0 Å². The Morgan fingerprint density at radius 3 is 2.60 bits per heavy atom. The van der Waals surface area contributed by atoms with Crippen LogP contribution in [-0.2, 0) is 19.1 Å². The van der Waals surface area contributed by atoms with Crippen LogP contribution in [0.15, 0.2) is 36.5 Å². The normalized spacial score (nSPS) is 42.9. The average Bonchev–Trinajstić information content (AvgIpc) is 2.89. The summed E-state index contributed by atoms with van der Waals surface area (Å²) >= 11 is 0. The fourth-order valence-corrected chi connectivity index (χ4v) is 4.12. The Hall–Kier alpha value is -1.92. The number of esters is 2. The van der Waals surface area contributed by atoms with E-state index in [0.29, 0.717) is 5.57 Å². The number of ether oxygens (including phenoxy) is 2. The van der Waals surface area contributed by atoms with Gasteiger partial charge in [-0.3, -0.25) is 4.79 Å². The van der Waals surface area contributed by atoms with Crippen LogP contribution in [0.3, 0.4) is 0 Å². The summed E-state index contributed by atoms with van der Waals surface area (Å²) in [4.78, 5) is 24.3. The highest BCUT2D eigenvalue weighted by atomic mass is 16.6. The van der Waals surface area contributed by atoms with E-state index in [4.69, 9.17) is 9.47 Å². The zero-order valence-electron chi connectivity index (χ0n) is 14.7. The maximum Gasteiger partial charge on any atom is 0.334 e. The summed E-state index contributed by atoms with van der Waals surface area (Å²) in [5.74, 6) is -2.84. The molecular formula is C19H24O6. The molecule has 2 aliphatic carbocycles. The smallest absolute Gasteiger partial charge is 0.334 e. The zero-order valence-corrected chi connectivity index (χ0v) is 14.7. The van der Waals surface area contributed by atoms with Crippen LogP contribution in [-0.4, -0.2) is 45.6 Å². The van der Waals surface area contributed by atoms with Crippen molar-refractivity contribution in [2.75, 3.05) is 0 Å². The van der Waals surface area contributed by atoms with Crippen LogP contribution in [0.4, 0.5) is 0 Å². The molecule has 3 rings (SSSR count). The van der Waals surface area contributed by atoms with Gasteiger partial charge < -0.3 is 19.7 Å². The van der Waals surface area contributed by atoms with Gasteiger partial charge in [0, 0.05) is 12.0 Å². The van der Waals surface area contributed by atoms with Crippen molar-refractivity contribution in [3.8, 4) is 0 Å². The van der Waals surface area contributed by atoms with Crippen LogP contribution in [0, 0.1) is 17.8 Å². The topological polar surface area (TPSA) is 93.1 Å². The monoisotopic (exact) mass is 348 g/mol. The first-order chi connectivity index (χ1) is 11.5. The van der Waals surface area contributed by atoms with Gasteiger partial charge in [-0.25, -0.2) is 4.79 Å². The number of rotatable bonds is 2. The van der Waals surface area contributed by atoms with Gasteiger partial charge in [0.1, 0.15) is 17.8 Å². The molecule has 25 heavy (non-hydrogen) atoms. The molecular weight excluding hydrogens is 324 g/mol. The lowest BCUT2D eigenvalue weighted by atomic mass is 9.73. The zero-order chi connectivity index (χ0) is 18.7. The van der Waals surface area contributed by atoms with Crippen LogP contribution in [0.25, 0.3) is 0 Å². The predicted octanol–water partition coefficient (Wildman–Crippen LogP) is 1.28. The van der Waals surface area contributed by atoms with Gasteiger partial charge in [-0.05, 0) is 18.6 Å². The summed E-state index contributed by atoms with van der Waals surface area (Å²) in [6.07, 6.45) is 1.54. The summed E-state index contributed by atoms with van der Waals surface area (Å²) < 4.78 is 11.1. The number of hydrogen-bond donors (Lipinski definition) is 2. The van der Waals surface area contributed by atoms with Crippen molar-refractivity contribution in [3.63, 3.8) is 0 Å². The lowest BCUT2D eigenvalue weighted by molar-refractivity contribution is -0.159. The van der Waals surface area contributed by atoms with Gasteiger partial charge >= 0.3 is 11.9 Å². The minimum Gasteiger partial charge on any atom is -0.461 e. The van der Waals surface area contributed by atoms with E-state index >= 15 is 0 Å². The fraction of sp³-hybridized carbons (Fsp3) is 0.579. The maximum absolute atomic E-state index is 12.1. The highest BCUT2D eigenvalue weighted by Crippen LogP contribution is 2.53. The first-order valence-electron chi connectivity index (χ1n) is 8.42. The van der Waals surface area contributed by atoms with E-state index in [1.807, 2.05) is 0 Å². The third kappa shape index (κ3) is 2.55. The molecule has 6 heteroatoms. The quantitative estimate of drug-likeness (QED) is 0.444. The molecule has 1 aliphatic heterocycles. The van der Waals surface area contributed by atoms with Crippen molar-refractivity contribution in [2.45, 2.75) is 50.6 Å². The first-order valence-corrected chi connectivity index (χ1v) is 8.42. The molecule has 1 saturated heterocycles. The second kappa shape index (κ2) is 5.54. The van der Waals surface area contributed by atoms with Crippen molar-refractivity contribution in [2.24, 2.45) is 17.8 Å². The van der Waals surface area contributed by atoms with Crippen molar-refractivity contribution in [1.29, 1.82) is 0 Å². The Bertz CT molecular complexity index is 688. The lowest BCUT2D eigenvalue weighted by Gasteiger charge is -2.39. The van der Waals surface area contributed by atoms with Gasteiger partial charge in [-0.1, -0.05) is 33.1 Å². The Kier molecular flexibility index (Phi) is 3.96. The van der Waals surface area contributed by atoms with Crippen molar-refractivity contribution in [1.82, 2.24) is 0 Å². The number of hydrogen-bond acceptors (Lipinski definition) is 6. The van der Waals surface area contributed by atoms with Gasteiger partial charge in [-0.15, -0.1) is 0 Å². The standard InChI is InChI=1S/C19H24O6/c1-9(2)16(20)24-12-8-10(3)19(23)7-6-18(5,22)15(19)14-13(12)11(4)17(21)25-14/h6-7,9,12-15,22-23H,3-4,8H2,1-2,5H3. The van der Waals surface area contributed by atoms with Crippen LogP contribution in [0.1, 0.15) is 27.2 Å². The van der Waals surface area contributed by atoms with Gasteiger partial charge in [-0.2, -0.15) is 0 Å². The van der Waals surface area contributed by atoms with Gasteiger partial charge in [0.05, 0.1) is 23.4 Å². The number of fused-ring (bicyclic) bond motifs is 3. The highest BCUT2D eigenvalue weighted by molar-refractivity contribution is 5.91. The summed E-state index contributed by atoms with van der Waals surface area (Å²) in [6, 6.07) is 0. The predicted molar refractivity (Wildman–Crippen MR) is 89.2 cm³/mol. The molecule has 136 valence electrons. The van der Waals surface area contributed by atoms with Crippen molar-refractivity contribution < 1.29 is 29.3 Å². The van der Waals surface area contributed by atoms with E-state index in [1.54, 1.807) is 20.8 Å². The SMILES string of the molecule is C=C1C(=O)OC2C1C(OC(=O)C(C)C)CC(=C)C1(O)C=CC(C)(O)C21. The fourth-order valence-electron chi connectivity index (χ4n) is 4.12. The van der Waals surface area contributed by atoms with Crippen molar-refractivity contribution >= 4 is 11.9 Å². The van der Waals surface area contributed by atoms with Crippen LogP contribution < -0.4 is 0 Å². The molecule has 0 aromatic carbocycles. The minimum absolute atomic E-state index is 0.155. The maximum atomic E-state index is 12.1. The summed E-state index contributed by atoms with van der Waals surface area (Å²) in [6.45, 7) is 12.7. The van der Waals surface area contributed by atoms with E-state index in [-0.39, 0.29) is 17.9 Å². The van der Waals surface area contributed by atoms with Crippen LogP contribution in [0.2, 0.25) is 0 Å². The second-order valence-corrected chi connectivity index (χ2v) is 7.72. The molecule has 1 saturated carbocycles. The molecule has 2 N–H and O–H groups in total. The summed E-state index contributed by atoms with van der Waals surface area (Å²) in [5.41, 5.74) is -2.35. The molecule has 0 aromatic rings. The first kappa shape index (κ1) is 17.9. The molecule has 0 radical (unpaired) electrons. The molecule has 6 atom stereocenters. The average molecular weight is 348 g/mol. The van der Waals surface area contributed by atoms with Gasteiger partial charge in [0.25, 0.3) is 0 Å². The number of carbonyl (C=O) groups excluding carboxylic acids is 2. The summed E-state index contributed by atoms with van der Waals surface area (Å²) in [5, 5.41) is 21.9. The third-order valence-corrected chi connectivity index (χ3v) is 5.52. The number of aliphatic hydroxyl groups is 2. The summed E-state index contributed by atoms with van der Waals surface area (Å²) in [7, 11) is 0. The molecule has 3 aliphatic rings. The molecule has 0 amide bonds. The Balaban J connectivity index is 2.07. The highest BCUT2D eigenvalue weighted by Gasteiger charge is 2.63. The van der Waals surface area contributed by atoms with E-state index in [2.05, 4.69) is 13.2 Å². The molecule has 0 spiro atoms. The molecule has 1 heterocycles. The molecule has 6 unspecified atom stereocenters. The Morgan fingerprint density at radius 1 is 1.36 bits per heavy atom. The number of carbonyl (C=O) groups is 2. The lowest BCUT2D eigenvalue weighted by Crippen LogP contribution is -2.51.